The number of amides is 1. The van der Waals surface area contributed by atoms with Gasteiger partial charge in [0.1, 0.15) is 11.6 Å². The van der Waals surface area contributed by atoms with Gasteiger partial charge in [-0.15, -0.1) is 0 Å². The second kappa shape index (κ2) is 4.78. The van der Waals surface area contributed by atoms with Crippen molar-refractivity contribution in [2.24, 2.45) is 0 Å². The summed E-state index contributed by atoms with van der Waals surface area (Å²) >= 11 is 0. The van der Waals surface area contributed by atoms with Crippen molar-refractivity contribution in [3.05, 3.63) is 41.7 Å². The van der Waals surface area contributed by atoms with E-state index in [0.29, 0.717) is 17.5 Å². The molecule has 0 bridgehead atoms. The van der Waals surface area contributed by atoms with Gasteiger partial charge in [0.05, 0.1) is 12.1 Å². The molecule has 2 aromatic heterocycles. The number of pyridine rings is 1. The topological polar surface area (TPSA) is 68.0 Å². The third kappa shape index (κ3) is 2.90. The van der Waals surface area contributed by atoms with E-state index in [9.17, 15) is 4.79 Å². The first kappa shape index (κ1) is 11.3. The first-order valence-electron chi connectivity index (χ1n) is 5.29. The van der Waals surface area contributed by atoms with E-state index in [0.717, 1.165) is 5.69 Å². The molecule has 0 unspecified atom stereocenters. The van der Waals surface area contributed by atoms with Crippen LogP contribution in [-0.4, -0.2) is 15.9 Å². The molecule has 5 heteroatoms. The van der Waals surface area contributed by atoms with Crippen LogP contribution < -0.4 is 5.32 Å². The van der Waals surface area contributed by atoms with Crippen molar-refractivity contribution in [1.29, 1.82) is 0 Å². The van der Waals surface area contributed by atoms with E-state index in [4.69, 9.17) is 4.42 Å². The highest BCUT2D eigenvalue weighted by molar-refractivity contribution is 5.91. The lowest BCUT2D eigenvalue weighted by Crippen LogP contribution is -2.15. The molecule has 0 aliphatic rings. The molecule has 17 heavy (non-hydrogen) atoms. The maximum Gasteiger partial charge on any atom is 0.233 e. The molecule has 88 valence electrons. The van der Waals surface area contributed by atoms with Crippen LogP contribution in [-0.2, 0) is 11.2 Å². The fraction of sp³-hybridized carbons (Fsp3) is 0.250. The Morgan fingerprint density at radius 3 is 2.82 bits per heavy atom. The molecule has 0 aromatic carbocycles. The Bertz CT molecular complexity index is 520. The quantitative estimate of drug-likeness (QED) is 0.875. The highest BCUT2D eigenvalue weighted by atomic mass is 16.4. The summed E-state index contributed by atoms with van der Waals surface area (Å²) in [6, 6.07) is 5.34. The second-order valence-corrected chi connectivity index (χ2v) is 3.68. The number of rotatable bonds is 3. The molecule has 0 saturated carbocycles. The number of nitrogens with zero attached hydrogens (tertiary/aromatic N) is 2. The number of oxazole rings is 1. The number of nitrogens with one attached hydrogen (secondary N) is 1. The molecule has 0 aliphatic heterocycles. The Morgan fingerprint density at radius 2 is 2.24 bits per heavy atom. The molecule has 2 aromatic rings. The van der Waals surface area contributed by atoms with E-state index in [1.54, 1.807) is 25.3 Å². The van der Waals surface area contributed by atoms with Crippen LogP contribution in [0, 0.1) is 13.8 Å². The van der Waals surface area contributed by atoms with E-state index in [-0.39, 0.29) is 12.3 Å². The lowest BCUT2D eigenvalue weighted by molar-refractivity contribution is -0.115. The highest BCUT2D eigenvalue weighted by Crippen LogP contribution is 2.11. The van der Waals surface area contributed by atoms with Crippen LogP contribution in [0.3, 0.4) is 0 Å². The average molecular weight is 231 g/mol. The van der Waals surface area contributed by atoms with Crippen molar-refractivity contribution in [3.63, 3.8) is 0 Å². The van der Waals surface area contributed by atoms with Crippen molar-refractivity contribution in [2.75, 3.05) is 5.32 Å². The highest BCUT2D eigenvalue weighted by Gasteiger charge is 2.12. The molecule has 0 atom stereocenters. The minimum Gasteiger partial charge on any atom is -0.445 e. The van der Waals surface area contributed by atoms with Crippen molar-refractivity contribution in [1.82, 2.24) is 9.97 Å². The monoisotopic (exact) mass is 231 g/mol. The number of hydrogen-bond acceptors (Lipinski definition) is 4. The molecule has 2 rings (SSSR count). The summed E-state index contributed by atoms with van der Waals surface area (Å²) in [6.07, 6.45) is 1.79. The average Bonchev–Trinajstić information content (AvgIpc) is 2.58. The maximum atomic E-state index is 11.7. The third-order valence-electron chi connectivity index (χ3n) is 2.25. The molecular weight excluding hydrogens is 218 g/mol. The summed E-state index contributed by atoms with van der Waals surface area (Å²) in [7, 11) is 0. The fourth-order valence-electron chi connectivity index (χ4n) is 1.51. The van der Waals surface area contributed by atoms with Gasteiger partial charge in [-0.05, 0) is 19.1 Å². The minimum absolute atomic E-state index is 0.164. The number of anilines is 1. The van der Waals surface area contributed by atoms with Crippen molar-refractivity contribution in [3.8, 4) is 0 Å². The third-order valence-corrected chi connectivity index (χ3v) is 2.25. The van der Waals surface area contributed by atoms with Crippen LogP contribution in [0.1, 0.15) is 17.3 Å². The van der Waals surface area contributed by atoms with Crippen molar-refractivity contribution >= 4 is 11.7 Å². The molecule has 2 heterocycles. The molecule has 1 amide bonds. The van der Waals surface area contributed by atoms with Crippen LogP contribution in [0.2, 0.25) is 0 Å². The van der Waals surface area contributed by atoms with Gasteiger partial charge < -0.3 is 9.73 Å². The van der Waals surface area contributed by atoms with Crippen LogP contribution in [0.15, 0.2) is 28.8 Å². The summed E-state index contributed by atoms with van der Waals surface area (Å²) in [5, 5.41) is 2.69. The van der Waals surface area contributed by atoms with Gasteiger partial charge in [-0.1, -0.05) is 6.07 Å². The molecule has 0 fully saturated rings. The first-order valence-corrected chi connectivity index (χ1v) is 5.29. The van der Waals surface area contributed by atoms with E-state index in [2.05, 4.69) is 15.3 Å². The van der Waals surface area contributed by atoms with E-state index < -0.39 is 0 Å². The standard InChI is InChI=1S/C12H13N3O2/c1-8-10(17-9(2)14-8)7-12(16)15-11-5-3-4-6-13-11/h3-6H,7H2,1-2H3,(H,13,15,16). The number of carbonyl (C=O) groups excluding carboxylic acids is 1. The zero-order valence-electron chi connectivity index (χ0n) is 9.73. The van der Waals surface area contributed by atoms with Gasteiger partial charge >= 0.3 is 0 Å². The Hall–Kier alpha value is -2.17. The predicted molar refractivity (Wildman–Crippen MR) is 62.5 cm³/mol. The Kier molecular flexibility index (Phi) is 3.18. The van der Waals surface area contributed by atoms with Gasteiger partial charge in [0, 0.05) is 13.1 Å². The van der Waals surface area contributed by atoms with Crippen LogP contribution >= 0.6 is 0 Å². The Balaban J connectivity index is 2.01. The lowest BCUT2D eigenvalue weighted by atomic mass is 10.2. The molecule has 0 aliphatic carbocycles. The van der Waals surface area contributed by atoms with Crippen LogP contribution in [0.25, 0.3) is 0 Å². The van der Waals surface area contributed by atoms with Crippen molar-refractivity contribution < 1.29 is 9.21 Å². The van der Waals surface area contributed by atoms with Crippen molar-refractivity contribution in [2.45, 2.75) is 20.3 Å². The zero-order chi connectivity index (χ0) is 12.3. The van der Waals surface area contributed by atoms with Gasteiger partial charge in [0.25, 0.3) is 0 Å². The maximum absolute atomic E-state index is 11.7. The minimum atomic E-state index is -0.164. The molecule has 5 nitrogen and oxygen atoms in total. The van der Waals surface area contributed by atoms with Gasteiger partial charge in [-0.2, -0.15) is 0 Å². The molecule has 0 spiro atoms. The smallest absolute Gasteiger partial charge is 0.233 e. The lowest BCUT2D eigenvalue weighted by Gasteiger charge is -2.02. The van der Waals surface area contributed by atoms with Gasteiger partial charge in [-0.25, -0.2) is 9.97 Å². The second-order valence-electron chi connectivity index (χ2n) is 3.68. The zero-order valence-corrected chi connectivity index (χ0v) is 9.73. The normalized spacial score (nSPS) is 10.2. The fourth-order valence-corrected chi connectivity index (χ4v) is 1.51. The molecule has 0 saturated heterocycles. The van der Waals surface area contributed by atoms with Crippen LogP contribution in [0.4, 0.5) is 5.82 Å². The molecule has 0 radical (unpaired) electrons. The number of carbonyl (C=O) groups is 1. The molecule has 1 N–H and O–H groups in total. The first-order chi connectivity index (χ1) is 8.15. The van der Waals surface area contributed by atoms with Gasteiger partial charge in [0.15, 0.2) is 5.89 Å². The van der Waals surface area contributed by atoms with Gasteiger partial charge in [-0.3, -0.25) is 4.79 Å². The summed E-state index contributed by atoms with van der Waals surface area (Å²) in [4.78, 5) is 19.8. The number of aromatic nitrogens is 2. The van der Waals surface area contributed by atoms with E-state index in [1.807, 2.05) is 13.0 Å². The Morgan fingerprint density at radius 1 is 1.41 bits per heavy atom. The number of hydrogen-bond donors (Lipinski definition) is 1. The largest absolute Gasteiger partial charge is 0.445 e. The Labute approximate surface area is 98.9 Å². The molecular formula is C12H13N3O2. The summed E-state index contributed by atoms with van der Waals surface area (Å²) in [6.45, 7) is 3.58. The number of aryl methyl sites for hydroxylation is 2. The van der Waals surface area contributed by atoms with E-state index >= 15 is 0 Å². The van der Waals surface area contributed by atoms with E-state index in [1.165, 1.54) is 0 Å². The summed E-state index contributed by atoms with van der Waals surface area (Å²) in [5.74, 6) is 1.54. The summed E-state index contributed by atoms with van der Waals surface area (Å²) in [5.41, 5.74) is 0.749. The SMILES string of the molecule is Cc1nc(C)c(CC(=O)Nc2ccccn2)o1. The van der Waals surface area contributed by atoms with Crippen LogP contribution in [0.5, 0.6) is 0 Å². The van der Waals surface area contributed by atoms with Gasteiger partial charge in [0.2, 0.25) is 5.91 Å². The summed E-state index contributed by atoms with van der Waals surface area (Å²) < 4.78 is 5.33. The predicted octanol–water partition coefficient (Wildman–Crippen LogP) is 1.87.